The fraction of sp³-hybridized carbons (Fsp3) is 0.933. The van der Waals surface area contributed by atoms with E-state index in [2.05, 4.69) is 37.6 Å². The monoisotopic (exact) mass is 252 g/mol. The number of ketones is 1. The summed E-state index contributed by atoms with van der Waals surface area (Å²) in [6, 6.07) is 0.578. The zero-order valence-electron chi connectivity index (χ0n) is 12.4. The maximum atomic E-state index is 12.3. The Morgan fingerprint density at radius 2 is 2.06 bits per heavy atom. The van der Waals surface area contributed by atoms with Crippen molar-refractivity contribution in [3.63, 3.8) is 0 Å². The highest BCUT2D eigenvalue weighted by molar-refractivity contribution is 5.88. The standard InChI is InChI=1S/C15H28N2O/c1-12-10-16(4)8-5-9-17(12)11-13-6-7-15(2,3)14(13)18/h12-13H,5-11H2,1-4H3. The summed E-state index contributed by atoms with van der Waals surface area (Å²) < 4.78 is 0. The molecule has 1 saturated heterocycles. The van der Waals surface area contributed by atoms with Crippen LogP contribution in [0.15, 0.2) is 0 Å². The quantitative estimate of drug-likeness (QED) is 0.751. The molecule has 0 aromatic heterocycles. The second-order valence-electron chi connectivity index (χ2n) is 6.94. The minimum Gasteiger partial charge on any atom is -0.305 e. The lowest BCUT2D eigenvalue weighted by Gasteiger charge is -2.30. The predicted octanol–water partition coefficient (Wildman–Crippen LogP) is 2.02. The van der Waals surface area contributed by atoms with Crippen molar-refractivity contribution in [2.24, 2.45) is 11.3 Å². The van der Waals surface area contributed by atoms with Gasteiger partial charge in [-0.25, -0.2) is 0 Å². The van der Waals surface area contributed by atoms with Gasteiger partial charge < -0.3 is 4.90 Å². The predicted molar refractivity (Wildman–Crippen MR) is 74.7 cm³/mol. The number of likely N-dealkylation sites (N-methyl/N-ethyl adjacent to an activating group) is 1. The molecule has 2 fully saturated rings. The number of hydrogen-bond donors (Lipinski definition) is 0. The van der Waals surface area contributed by atoms with Crippen LogP contribution in [-0.2, 0) is 4.79 Å². The van der Waals surface area contributed by atoms with Gasteiger partial charge in [0.15, 0.2) is 0 Å². The summed E-state index contributed by atoms with van der Waals surface area (Å²) in [5.41, 5.74) is -0.0729. The van der Waals surface area contributed by atoms with Crippen molar-refractivity contribution in [3.05, 3.63) is 0 Å². The summed E-state index contributed by atoms with van der Waals surface area (Å²) in [7, 11) is 2.20. The van der Waals surface area contributed by atoms with E-state index in [1.54, 1.807) is 0 Å². The minimum absolute atomic E-state index is 0.0729. The van der Waals surface area contributed by atoms with Gasteiger partial charge in [-0.2, -0.15) is 0 Å². The zero-order valence-corrected chi connectivity index (χ0v) is 12.4. The minimum atomic E-state index is -0.0729. The van der Waals surface area contributed by atoms with Gasteiger partial charge >= 0.3 is 0 Å². The van der Waals surface area contributed by atoms with Gasteiger partial charge in [-0.05, 0) is 46.3 Å². The van der Waals surface area contributed by atoms with Crippen LogP contribution in [0.3, 0.4) is 0 Å². The van der Waals surface area contributed by atoms with E-state index in [0.29, 0.717) is 11.8 Å². The number of rotatable bonds is 2. The van der Waals surface area contributed by atoms with Crippen LogP contribution in [0, 0.1) is 11.3 Å². The van der Waals surface area contributed by atoms with Crippen molar-refractivity contribution in [1.29, 1.82) is 0 Å². The van der Waals surface area contributed by atoms with Crippen molar-refractivity contribution in [1.82, 2.24) is 9.80 Å². The smallest absolute Gasteiger partial charge is 0.142 e. The highest BCUT2D eigenvalue weighted by atomic mass is 16.1. The van der Waals surface area contributed by atoms with Crippen molar-refractivity contribution in [2.75, 3.05) is 33.2 Å². The lowest BCUT2D eigenvalue weighted by atomic mass is 9.89. The fourth-order valence-electron chi connectivity index (χ4n) is 3.49. The van der Waals surface area contributed by atoms with Gasteiger partial charge in [0.1, 0.15) is 5.78 Å². The van der Waals surface area contributed by atoms with Gasteiger partial charge in [0, 0.05) is 30.5 Å². The van der Waals surface area contributed by atoms with E-state index in [4.69, 9.17) is 0 Å². The van der Waals surface area contributed by atoms with Gasteiger partial charge in [0.05, 0.1) is 0 Å². The maximum absolute atomic E-state index is 12.3. The highest BCUT2D eigenvalue weighted by Crippen LogP contribution is 2.38. The van der Waals surface area contributed by atoms with E-state index in [1.807, 2.05) is 0 Å². The molecular weight excluding hydrogens is 224 g/mol. The Bertz CT molecular complexity index is 314. The Balaban J connectivity index is 1.95. The molecule has 0 radical (unpaired) electrons. The molecule has 2 atom stereocenters. The normalized spacial score (nSPS) is 34.8. The van der Waals surface area contributed by atoms with Crippen LogP contribution in [0.5, 0.6) is 0 Å². The number of nitrogens with zero attached hydrogens (tertiary/aromatic N) is 2. The number of hydrogen-bond acceptors (Lipinski definition) is 3. The zero-order chi connectivity index (χ0) is 13.3. The van der Waals surface area contributed by atoms with E-state index in [1.165, 1.54) is 13.0 Å². The molecule has 1 heterocycles. The number of carbonyl (C=O) groups excluding carboxylic acids is 1. The number of Topliss-reactive ketones (excluding diaryl/α,β-unsaturated/α-hetero) is 1. The maximum Gasteiger partial charge on any atom is 0.142 e. The lowest BCUT2D eigenvalue weighted by molar-refractivity contribution is -0.128. The average molecular weight is 252 g/mol. The molecule has 0 amide bonds. The number of carbonyl (C=O) groups is 1. The molecular formula is C15H28N2O. The van der Waals surface area contributed by atoms with E-state index < -0.39 is 0 Å². The summed E-state index contributed by atoms with van der Waals surface area (Å²) in [5.74, 6) is 0.776. The van der Waals surface area contributed by atoms with Crippen molar-refractivity contribution in [3.8, 4) is 0 Å². The third-order valence-electron chi connectivity index (χ3n) is 4.79. The molecule has 1 aliphatic carbocycles. The van der Waals surface area contributed by atoms with Crippen molar-refractivity contribution < 1.29 is 4.79 Å². The van der Waals surface area contributed by atoms with Crippen LogP contribution in [0.4, 0.5) is 0 Å². The topological polar surface area (TPSA) is 23.6 Å². The Kier molecular flexibility index (Phi) is 4.12. The molecule has 0 aromatic carbocycles. The summed E-state index contributed by atoms with van der Waals surface area (Å²) in [5, 5.41) is 0. The Labute approximate surface area is 112 Å². The van der Waals surface area contributed by atoms with E-state index in [-0.39, 0.29) is 11.3 Å². The molecule has 1 saturated carbocycles. The molecule has 2 rings (SSSR count). The molecule has 18 heavy (non-hydrogen) atoms. The third-order valence-corrected chi connectivity index (χ3v) is 4.79. The average Bonchev–Trinajstić information content (AvgIpc) is 2.45. The largest absolute Gasteiger partial charge is 0.305 e. The van der Waals surface area contributed by atoms with Gasteiger partial charge in [0.2, 0.25) is 0 Å². The first kappa shape index (κ1) is 14.0. The van der Waals surface area contributed by atoms with Crippen LogP contribution < -0.4 is 0 Å². The lowest BCUT2D eigenvalue weighted by Crippen LogP contribution is -2.42. The summed E-state index contributed by atoms with van der Waals surface area (Å²) in [6.07, 6.45) is 3.38. The second kappa shape index (κ2) is 5.30. The highest BCUT2D eigenvalue weighted by Gasteiger charge is 2.41. The molecule has 0 N–H and O–H groups in total. The van der Waals surface area contributed by atoms with Crippen LogP contribution in [0.2, 0.25) is 0 Å². The Hall–Kier alpha value is -0.410. The van der Waals surface area contributed by atoms with Crippen LogP contribution in [0.25, 0.3) is 0 Å². The van der Waals surface area contributed by atoms with Crippen LogP contribution >= 0.6 is 0 Å². The molecule has 1 aliphatic heterocycles. The van der Waals surface area contributed by atoms with Gasteiger partial charge in [-0.15, -0.1) is 0 Å². The summed E-state index contributed by atoms with van der Waals surface area (Å²) in [4.78, 5) is 17.3. The summed E-state index contributed by atoms with van der Waals surface area (Å²) >= 11 is 0. The molecule has 0 aromatic rings. The molecule has 0 spiro atoms. The Morgan fingerprint density at radius 3 is 2.67 bits per heavy atom. The van der Waals surface area contributed by atoms with Crippen molar-refractivity contribution >= 4 is 5.78 Å². The molecule has 104 valence electrons. The molecule has 2 unspecified atom stereocenters. The first-order valence-corrected chi connectivity index (χ1v) is 7.37. The van der Waals surface area contributed by atoms with Gasteiger partial charge in [0.25, 0.3) is 0 Å². The first-order valence-electron chi connectivity index (χ1n) is 7.37. The molecule has 3 heteroatoms. The van der Waals surface area contributed by atoms with Crippen molar-refractivity contribution in [2.45, 2.75) is 46.1 Å². The molecule has 0 bridgehead atoms. The second-order valence-corrected chi connectivity index (χ2v) is 6.94. The fourth-order valence-corrected chi connectivity index (χ4v) is 3.49. The van der Waals surface area contributed by atoms with Gasteiger partial charge in [-0.3, -0.25) is 9.69 Å². The first-order chi connectivity index (χ1) is 8.40. The Morgan fingerprint density at radius 1 is 1.33 bits per heavy atom. The SMILES string of the molecule is CC1CN(C)CCCN1CC1CCC(C)(C)C1=O. The molecule has 3 nitrogen and oxygen atoms in total. The van der Waals surface area contributed by atoms with Gasteiger partial charge in [-0.1, -0.05) is 13.8 Å². The van der Waals surface area contributed by atoms with E-state index in [0.717, 1.165) is 32.5 Å². The summed E-state index contributed by atoms with van der Waals surface area (Å²) in [6.45, 7) is 11.0. The van der Waals surface area contributed by atoms with E-state index in [9.17, 15) is 4.79 Å². The third kappa shape index (κ3) is 2.94. The molecule has 2 aliphatic rings. The van der Waals surface area contributed by atoms with E-state index >= 15 is 0 Å². The van der Waals surface area contributed by atoms with Crippen LogP contribution in [-0.4, -0.2) is 54.9 Å². The van der Waals surface area contributed by atoms with Crippen LogP contribution in [0.1, 0.15) is 40.0 Å².